The summed E-state index contributed by atoms with van der Waals surface area (Å²) in [7, 11) is 0. The second-order valence-corrected chi connectivity index (χ2v) is 4.58. The Morgan fingerprint density at radius 2 is 2.21 bits per heavy atom. The van der Waals surface area contributed by atoms with Crippen molar-refractivity contribution in [1.82, 2.24) is 0 Å². The van der Waals surface area contributed by atoms with E-state index in [9.17, 15) is 4.39 Å². The minimum atomic E-state index is -0.315. The van der Waals surface area contributed by atoms with Crippen LogP contribution in [0.25, 0.3) is 0 Å². The number of benzene rings is 1. The lowest BCUT2D eigenvalue weighted by Gasteiger charge is -2.11. The second-order valence-electron chi connectivity index (χ2n) is 3.73. The third-order valence-electron chi connectivity index (χ3n) is 2.31. The number of halogens is 2. The van der Waals surface area contributed by atoms with Gasteiger partial charge < -0.3 is 10.5 Å². The fraction of sp³-hybridized carbons (Fsp3) is 0.400. The molecular weight excluding hydrogens is 249 g/mol. The van der Waals surface area contributed by atoms with Gasteiger partial charge in [0.15, 0.2) is 0 Å². The summed E-state index contributed by atoms with van der Waals surface area (Å²) >= 11 is 3.08. The molecule has 0 aromatic heterocycles. The van der Waals surface area contributed by atoms with E-state index >= 15 is 0 Å². The zero-order valence-corrected chi connectivity index (χ0v) is 9.18. The topological polar surface area (TPSA) is 35.2 Å². The molecule has 2 N–H and O–H groups in total. The summed E-state index contributed by atoms with van der Waals surface area (Å²) < 4.78 is 18.9. The van der Waals surface area contributed by atoms with Crippen molar-refractivity contribution in [2.45, 2.75) is 18.4 Å². The van der Waals surface area contributed by atoms with Crippen molar-refractivity contribution in [3.05, 3.63) is 28.5 Å². The molecule has 1 saturated carbocycles. The maximum absolute atomic E-state index is 13.1. The Hall–Kier alpha value is -0.610. The van der Waals surface area contributed by atoms with Gasteiger partial charge in [-0.25, -0.2) is 4.39 Å². The molecule has 0 aliphatic heterocycles. The highest BCUT2D eigenvalue weighted by atomic mass is 79.9. The van der Waals surface area contributed by atoms with Gasteiger partial charge in [0.1, 0.15) is 18.2 Å². The highest BCUT2D eigenvalue weighted by Gasteiger charge is 2.39. The monoisotopic (exact) mass is 259 g/mol. The van der Waals surface area contributed by atoms with Crippen LogP contribution in [-0.4, -0.2) is 12.1 Å². The van der Waals surface area contributed by atoms with Crippen molar-refractivity contribution < 1.29 is 9.13 Å². The van der Waals surface area contributed by atoms with Crippen molar-refractivity contribution >= 4 is 15.9 Å². The van der Waals surface area contributed by atoms with Gasteiger partial charge in [0.2, 0.25) is 0 Å². The molecule has 14 heavy (non-hydrogen) atoms. The molecule has 2 nitrogen and oxygen atoms in total. The molecule has 4 heteroatoms. The van der Waals surface area contributed by atoms with Crippen LogP contribution in [-0.2, 0) is 0 Å². The average Bonchev–Trinajstić information content (AvgIpc) is 2.87. The fourth-order valence-corrected chi connectivity index (χ4v) is 1.35. The van der Waals surface area contributed by atoms with E-state index in [-0.39, 0.29) is 11.4 Å². The summed E-state index contributed by atoms with van der Waals surface area (Å²) in [6.45, 7) is 0.466. The lowest BCUT2D eigenvalue weighted by molar-refractivity contribution is 0.278. The van der Waals surface area contributed by atoms with E-state index in [4.69, 9.17) is 10.5 Å². The Labute approximate surface area is 90.4 Å². The molecular formula is C10H11BrFNO. The Morgan fingerprint density at radius 1 is 1.50 bits per heavy atom. The number of nitrogens with two attached hydrogens (primary N) is 1. The highest BCUT2D eigenvalue weighted by Crippen LogP contribution is 2.33. The van der Waals surface area contributed by atoms with Crippen molar-refractivity contribution in [1.29, 1.82) is 0 Å². The van der Waals surface area contributed by atoms with Gasteiger partial charge in [-0.3, -0.25) is 0 Å². The molecule has 0 heterocycles. The van der Waals surface area contributed by atoms with Gasteiger partial charge >= 0.3 is 0 Å². The van der Waals surface area contributed by atoms with Crippen molar-refractivity contribution in [3.63, 3.8) is 0 Å². The van der Waals surface area contributed by atoms with Crippen LogP contribution in [0.4, 0.5) is 4.39 Å². The Balaban J connectivity index is 1.99. The number of hydrogen-bond acceptors (Lipinski definition) is 2. The lowest BCUT2D eigenvalue weighted by Crippen LogP contribution is -2.29. The van der Waals surface area contributed by atoms with Gasteiger partial charge in [0.25, 0.3) is 0 Å². The Kier molecular flexibility index (Phi) is 2.49. The van der Waals surface area contributed by atoms with E-state index in [2.05, 4.69) is 15.9 Å². The minimum absolute atomic E-state index is 0.163. The Bertz CT molecular complexity index is 352. The summed E-state index contributed by atoms with van der Waals surface area (Å²) in [6, 6.07) is 4.70. The van der Waals surface area contributed by atoms with Gasteiger partial charge in [-0.15, -0.1) is 0 Å². The quantitative estimate of drug-likeness (QED) is 0.906. The molecule has 1 aromatic rings. The van der Waals surface area contributed by atoms with Crippen LogP contribution in [0.3, 0.4) is 0 Å². The van der Waals surface area contributed by atoms with Gasteiger partial charge in [0.05, 0.1) is 10.0 Å². The van der Waals surface area contributed by atoms with Crippen molar-refractivity contribution in [3.8, 4) is 5.75 Å². The maximum atomic E-state index is 13.1. The lowest BCUT2D eigenvalue weighted by atomic mass is 10.3. The minimum Gasteiger partial charge on any atom is -0.492 e. The molecule has 1 aliphatic rings. The summed E-state index contributed by atoms with van der Waals surface area (Å²) in [5, 5.41) is 0. The van der Waals surface area contributed by atoms with Crippen LogP contribution in [0.15, 0.2) is 22.7 Å². The molecule has 0 amide bonds. The van der Waals surface area contributed by atoms with Gasteiger partial charge in [-0.2, -0.15) is 0 Å². The molecule has 0 saturated heterocycles. The maximum Gasteiger partial charge on any atom is 0.141 e. The number of ether oxygens (including phenoxy) is 1. The SMILES string of the molecule is NC1(COc2ccc(Br)c(F)c2)CC1. The molecule has 0 atom stereocenters. The first-order valence-electron chi connectivity index (χ1n) is 4.46. The van der Waals surface area contributed by atoms with Crippen LogP contribution >= 0.6 is 15.9 Å². The van der Waals surface area contributed by atoms with E-state index in [0.717, 1.165) is 12.8 Å². The molecule has 0 unspecified atom stereocenters. The van der Waals surface area contributed by atoms with E-state index in [0.29, 0.717) is 16.8 Å². The van der Waals surface area contributed by atoms with Crippen LogP contribution < -0.4 is 10.5 Å². The standard InChI is InChI=1S/C10H11BrFNO/c11-8-2-1-7(5-9(8)12)14-6-10(13)3-4-10/h1-2,5H,3-4,6,13H2. The predicted octanol–water partition coefficient (Wildman–Crippen LogP) is 2.46. The first-order valence-corrected chi connectivity index (χ1v) is 5.25. The molecule has 0 spiro atoms. The molecule has 76 valence electrons. The molecule has 2 rings (SSSR count). The van der Waals surface area contributed by atoms with E-state index in [1.165, 1.54) is 6.07 Å². The highest BCUT2D eigenvalue weighted by molar-refractivity contribution is 9.10. The van der Waals surface area contributed by atoms with Crippen molar-refractivity contribution in [2.75, 3.05) is 6.61 Å². The van der Waals surface area contributed by atoms with E-state index in [1.54, 1.807) is 12.1 Å². The predicted molar refractivity (Wildman–Crippen MR) is 55.7 cm³/mol. The average molecular weight is 260 g/mol. The largest absolute Gasteiger partial charge is 0.492 e. The molecule has 0 bridgehead atoms. The zero-order valence-electron chi connectivity index (χ0n) is 7.59. The van der Waals surface area contributed by atoms with Gasteiger partial charge in [0, 0.05) is 6.07 Å². The van der Waals surface area contributed by atoms with Crippen LogP contribution in [0.2, 0.25) is 0 Å². The third-order valence-corrected chi connectivity index (χ3v) is 2.95. The summed E-state index contributed by atoms with van der Waals surface area (Å²) in [5.74, 6) is 0.215. The van der Waals surface area contributed by atoms with Crippen LogP contribution in [0, 0.1) is 5.82 Å². The van der Waals surface area contributed by atoms with Crippen molar-refractivity contribution in [2.24, 2.45) is 5.73 Å². The molecule has 1 fully saturated rings. The molecule has 1 aromatic carbocycles. The van der Waals surface area contributed by atoms with Crippen LogP contribution in [0.5, 0.6) is 5.75 Å². The summed E-state index contributed by atoms with van der Waals surface area (Å²) in [6.07, 6.45) is 1.98. The molecule has 0 radical (unpaired) electrons. The van der Waals surface area contributed by atoms with Gasteiger partial charge in [-0.1, -0.05) is 0 Å². The number of hydrogen-bond donors (Lipinski definition) is 1. The van der Waals surface area contributed by atoms with E-state index < -0.39 is 0 Å². The zero-order chi connectivity index (χ0) is 10.2. The number of rotatable bonds is 3. The molecule has 1 aliphatic carbocycles. The normalized spacial score (nSPS) is 17.9. The third kappa shape index (κ3) is 2.25. The smallest absolute Gasteiger partial charge is 0.141 e. The fourth-order valence-electron chi connectivity index (χ4n) is 1.10. The van der Waals surface area contributed by atoms with E-state index in [1.807, 2.05) is 0 Å². The summed E-state index contributed by atoms with van der Waals surface area (Å²) in [5.41, 5.74) is 5.67. The van der Waals surface area contributed by atoms with Gasteiger partial charge in [-0.05, 0) is 40.9 Å². The summed E-state index contributed by atoms with van der Waals surface area (Å²) in [4.78, 5) is 0. The first kappa shape index (κ1) is 9.93. The van der Waals surface area contributed by atoms with Crippen LogP contribution in [0.1, 0.15) is 12.8 Å². The Morgan fingerprint density at radius 3 is 2.79 bits per heavy atom. The first-order chi connectivity index (χ1) is 6.59. The second kappa shape index (κ2) is 3.51.